The fourth-order valence-corrected chi connectivity index (χ4v) is 0.581. The molecule has 0 saturated carbocycles. The SMILES string of the molecule is CCO[Si](O)(O)O.O.[H-].[K+]. The zero-order valence-corrected chi connectivity index (χ0v) is 9.58. The molecule has 0 aliphatic rings. The summed E-state index contributed by atoms with van der Waals surface area (Å²) in [7, 11) is -4.16. The molecule has 0 spiro atoms. The standard InChI is InChI=1S/C2H8O4Si.K.H2O.H/c1-2-6-7(3,4)5;;;/h3-5H,2H2,1H3;;1H2;/q;+1;;-1. The fraction of sp³-hybridized carbons (Fsp3) is 1.00. The molecule has 0 heterocycles. The van der Waals surface area contributed by atoms with Gasteiger partial charge in [0.1, 0.15) is 0 Å². The van der Waals surface area contributed by atoms with Crippen LogP contribution in [0.3, 0.4) is 0 Å². The molecule has 0 bridgehead atoms. The topological polar surface area (TPSA) is 101 Å². The molecule has 0 fully saturated rings. The molecule has 9 heavy (non-hydrogen) atoms. The van der Waals surface area contributed by atoms with Crippen molar-refractivity contribution in [1.29, 1.82) is 0 Å². The zero-order chi connectivity index (χ0) is 5.91. The van der Waals surface area contributed by atoms with Crippen molar-refractivity contribution in [3.63, 3.8) is 0 Å². The van der Waals surface area contributed by atoms with Gasteiger partial charge in [0, 0.05) is 6.61 Å². The Kier molecular flexibility index (Phi) is 14.6. The van der Waals surface area contributed by atoms with Gasteiger partial charge in [-0.1, -0.05) is 0 Å². The van der Waals surface area contributed by atoms with Crippen molar-refractivity contribution in [1.82, 2.24) is 0 Å². The first-order valence-electron chi connectivity index (χ1n) is 1.87. The van der Waals surface area contributed by atoms with Crippen molar-refractivity contribution in [2.75, 3.05) is 6.61 Å². The van der Waals surface area contributed by atoms with Crippen molar-refractivity contribution in [2.45, 2.75) is 6.92 Å². The van der Waals surface area contributed by atoms with Crippen LogP contribution in [0.4, 0.5) is 0 Å². The Morgan fingerprint density at radius 3 is 1.78 bits per heavy atom. The quantitative estimate of drug-likeness (QED) is 0.371. The Balaban J connectivity index is -0.0000000600. The Morgan fingerprint density at radius 1 is 1.44 bits per heavy atom. The summed E-state index contributed by atoms with van der Waals surface area (Å²) in [4.78, 5) is 24.1. The van der Waals surface area contributed by atoms with Gasteiger partial charge in [-0.05, 0) is 6.92 Å². The summed E-state index contributed by atoms with van der Waals surface area (Å²) in [6.45, 7) is 1.68. The molecular weight excluding hydrogens is 171 g/mol. The average Bonchev–Trinajstić information content (AvgIpc) is 1.30. The average molecular weight is 182 g/mol. The first-order valence-corrected chi connectivity index (χ1v) is 3.62. The maximum atomic E-state index is 8.05. The van der Waals surface area contributed by atoms with E-state index in [1.165, 1.54) is 0 Å². The van der Waals surface area contributed by atoms with E-state index in [2.05, 4.69) is 4.43 Å². The van der Waals surface area contributed by atoms with Gasteiger partial charge in [-0.25, -0.2) is 0 Å². The predicted molar refractivity (Wildman–Crippen MR) is 28.8 cm³/mol. The largest absolute Gasteiger partial charge is 1.00 e. The normalized spacial score (nSPS) is 9.33. The van der Waals surface area contributed by atoms with Crippen molar-refractivity contribution < 1.29 is 77.1 Å². The van der Waals surface area contributed by atoms with Gasteiger partial charge >= 0.3 is 60.4 Å². The maximum Gasteiger partial charge on any atom is 1.00 e. The molecule has 0 unspecified atom stereocenters. The van der Waals surface area contributed by atoms with Gasteiger partial charge in [0.2, 0.25) is 0 Å². The Labute approximate surface area is 98.4 Å². The predicted octanol–water partition coefficient (Wildman–Crippen LogP) is -5.27. The van der Waals surface area contributed by atoms with Crippen LogP contribution in [0.25, 0.3) is 0 Å². The van der Waals surface area contributed by atoms with Gasteiger partial charge in [0.05, 0.1) is 0 Å². The molecule has 7 heteroatoms. The molecule has 5 N–H and O–H groups in total. The van der Waals surface area contributed by atoms with Gasteiger partial charge in [-0.3, -0.25) is 0 Å². The van der Waals surface area contributed by atoms with Crippen LogP contribution >= 0.6 is 0 Å². The monoisotopic (exact) mass is 182 g/mol. The first kappa shape index (κ1) is 16.9. The fourth-order valence-electron chi connectivity index (χ4n) is 0.194. The Morgan fingerprint density at radius 2 is 1.78 bits per heavy atom. The van der Waals surface area contributed by atoms with Crippen LogP contribution in [0.1, 0.15) is 8.35 Å². The van der Waals surface area contributed by atoms with Crippen LogP contribution in [0.15, 0.2) is 0 Å². The molecule has 0 saturated heterocycles. The van der Waals surface area contributed by atoms with E-state index in [0.29, 0.717) is 0 Å². The zero-order valence-electron chi connectivity index (χ0n) is 6.46. The summed E-state index contributed by atoms with van der Waals surface area (Å²) >= 11 is 0. The van der Waals surface area contributed by atoms with Crippen molar-refractivity contribution in [3.05, 3.63) is 0 Å². The second-order valence-corrected chi connectivity index (χ2v) is 2.44. The van der Waals surface area contributed by atoms with Crippen molar-refractivity contribution in [3.8, 4) is 0 Å². The van der Waals surface area contributed by atoms with Crippen LogP contribution < -0.4 is 51.4 Å². The van der Waals surface area contributed by atoms with Crippen molar-refractivity contribution in [2.24, 2.45) is 0 Å². The van der Waals surface area contributed by atoms with E-state index in [1.54, 1.807) is 6.92 Å². The summed E-state index contributed by atoms with van der Waals surface area (Å²) in [5.74, 6) is 0. The minimum atomic E-state index is -4.16. The third-order valence-corrected chi connectivity index (χ3v) is 1.01. The molecule has 5 nitrogen and oxygen atoms in total. The van der Waals surface area contributed by atoms with Crippen LogP contribution in [-0.2, 0) is 4.43 Å². The molecular formula is C2H11KO5Si. The maximum absolute atomic E-state index is 8.05. The number of rotatable bonds is 2. The van der Waals surface area contributed by atoms with Crippen molar-refractivity contribution >= 4 is 9.05 Å². The molecule has 0 amide bonds. The summed E-state index contributed by atoms with van der Waals surface area (Å²) < 4.78 is 4.03. The number of hydrogen-bond donors (Lipinski definition) is 3. The van der Waals surface area contributed by atoms with Gasteiger partial charge < -0.3 is 25.7 Å². The second kappa shape index (κ2) is 7.76. The molecule has 0 aliphatic heterocycles. The minimum Gasteiger partial charge on any atom is -1.00 e. The van der Waals surface area contributed by atoms with E-state index in [1.807, 2.05) is 0 Å². The van der Waals surface area contributed by atoms with E-state index in [9.17, 15) is 0 Å². The Bertz CT molecular complexity index is 58.1. The Hall–Kier alpha value is 1.65. The first-order chi connectivity index (χ1) is 3.06. The van der Waals surface area contributed by atoms with E-state index in [-0.39, 0.29) is 64.9 Å². The third-order valence-electron chi connectivity index (χ3n) is 0.338. The van der Waals surface area contributed by atoms with Gasteiger partial charge in [0.25, 0.3) is 0 Å². The van der Waals surface area contributed by atoms with Gasteiger partial charge in [-0.15, -0.1) is 0 Å². The second-order valence-electron chi connectivity index (χ2n) is 1.01. The van der Waals surface area contributed by atoms with E-state index < -0.39 is 9.05 Å². The molecule has 0 aliphatic carbocycles. The molecule has 0 radical (unpaired) electrons. The van der Waals surface area contributed by atoms with Gasteiger partial charge in [-0.2, -0.15) is 0 Å². The smallest absolute Gasteiger partial charge is 1.00 e. The summed E-state index contributed by atoms with van der Waals surface area (Å²) in [6, 6.07) is 0. The molecule has 0 aromatic carbocycles. The molecule has 0 aromatic heterocycles. The van der Waals surface area contributed by atoms with E-state index >= 15 is 0 Å². The molecule has 0 atom stereocenters. The summed E-state index contributed by atoms with van der Waals surface area (Å²) in [6.07, 6.45) is 0. The van der Waals surface area contributed by atoms with Crippen LogP contribution in [0.2, 0.25) is 0 Å². The third kappa shape index (κ3) is 17.7. The minimum absolute atomic E-state index is 0. The van der Waals surface area contributed by atoms with Crippen LogP contribution in [0, 0.1) is 0 Å². The van der Waals surface area contributed by atoms with Crippen LogP contribution in [-0.4, -0.2) is 35.5 Å². The summed E-state index contributed by atoms with van der Waals surface area (Å²) in [5, 5.41) is 0. The molecule has 0 aromatic rings. The van der Waals surface area contributed by atoms with Crippen LogP contribution in [0.5, 0.6) is 0 Å². The molecule has 54 valence electrons. The molecule has 0 rings (SSSR count). The van der Waals surface area contributed by atoms with E-state index in [4.69, 9.17) is 14.4 Å². The van der Waals surface area contributed by atoms with Gasteiger partial charge in [0.15, 0.2) is 0 Å². The number of hydrogen-bond acceptors (Lipinski definition) is 4. The summed E-state index contributed by atoms with van der Waals surface area (Å²) in [5.41, 5.74) is 0. The van der Waals surface area contributed by atoms with E-state index in [0.717, 1.165) is 0 Å².